The highest BCUT2D eigenvalue weighted by Crippen LogP contribution is 2.44. The maximum Gasteiger partial charge on any atom is 0.127 e. The van der Waals surface area contributed by atoms with Gasteiger partial charge in [0.1, 0.15) is 11.2 Å². The van der Waals surface area contributed by atoms with E-state index in [0.29, 0.717) is 5.41 Å². The molecule has 0 aliphatic heterocycles. The Morgan fingerprint density at radius 2 is 1.81 bits per heavy atom. The highest BCUT2D eigenvalue weighted by molar-refractivity contribution is 7.18. The summed E-state index contributed by atoms with van der Waals surface area (Å²) in [5, 5.41) is 1.36. The molecule has 2 aromatic rings. The lowest BCUT2D eigenvalue weighted by molar-refractivity contribution is 0.218. The predicted octanol–water partition coefficient (Wildman–Crippen LogP) is 5.14. The second-order valence-corrected chi connectivity index (χ2v) is 9.55. The number of fused-ring (bicyclic) bond motifs is 3. The first-order valence-corrected chi connectivity index (χ1v) is 8.75. The van der Waals surface area contributed by atoms with Gasteiger partial charge in [-0.3, -0.25) is 0 Å². The standard InChI is InChI=1S/C18H26N2S/c1-17(2,3)11-7-8-12-13(9-11)21-16-14(12)15(18(4,5)6)19-10-20-16/h10-11H,7-9H2,1-6H3. The molecule has 2 aromatic heterocycles. The minimum atomic E-state index is 0.0803. The Morgan fingerprint density at radius 1 is 1.10 bits per heavy atom. The molecule has 1 aliphatic carbocycles. The van der Waals surface area contributed by atoms with Gasteiger partial charge in [-0.1, -0.05) is 41.5 Å². The molecule has 0 aromatic carbocycles. The fraction of sp³-hybridized carbons (Fsp3) is 0.667. The second kappa shape index (κ2) is 4.77. The summed E-state index contributed by atoms with van der Waals surface area (Å²) in [5.74, 6) is 0.782. The van der Waals surface area contributed by atoms with Gasteiger partial charge >= 0.3 is 0 Å². The zero-order valence-electron chi connectivity index (χ0n) is 14.1. The van der Waals surface area contributed by atoms with Crippen LogP contribution in [0.2, 0.25) is 0 Å². The zero-order chi connectivity index (χ0) is 15.4. The third kappa shape index (κ3) is 2.61. The van der Waals surface area contributed by atoms with E-state index in [2.05, 4.69) is 51.5 Å². The largest absolute Gasteiger partial charge is 0.240 e. The highest BCUT2D eigenvalue weighted by Gasteiger charge is 2.32. The lowest BCUT2D eigenvalue weighted by Crippen LogP contribution is -2.26. The van der Waals surface area contributed by atoms with Crippen LogP contribution in [-0.2, 0) is 18.3 Å². The topological polar surface area (TPSA) is 25.8 Å². The van der Waals surface area contributed by atoms with Gasteiger partial charge in [-0.15, -0.1) is 11.3 Å². The van der Waals surface area contributed by atoms with E-state index in [9.17, 15) is 0 Å². The average molecular weight is 302 g/mol. The fourth-order valence-electron chi connectivity index (χ4n) is 3.42. The Morgan fingerprint density at radius 3 is 2.43 bits per heavy atom. The SMILES string of the molecule is CC(C)(C)c1ncnc2sc3c(c12)CCC(C(C)(C)C)C3. The van der Waals surface area contributed by atoms with Crippen LogP contribution in [-0.4, -0.2) is 9.97 Å². The van der Waals surface area contributed by atoms with Crippen LogP contribution in [0.15, 0.2) is 6.33 Å². The molecule has 0 saturated heterocycles. The van der Waals surface area contributed by atoms with Crippen LogP contribution in [0.25, 0.3) is 10.2 Å². The van der Waals surface area contributed by atoms with Crippen LogP contribution in [0, 0.1) is 11.3 Å². The van der Waals surface area contributed by atoms with Gasteiger partial charge in [0, 0.05) is 15.7 Å². The van der Waals surface area contributed by atoms with E-state index in [-0.39, 0.29) is 5.41 Å². The van der Waals surface area contributed by atoms with Gasteiger partial charge in [-0.25, -0.2) is 9.97 Å². The molecular weight excluding hydrogens is 276 g/mol. The normalized spacial score (nSPS) is 19.8. The summed E-state index contributed by atoms with van der Waals surface area (Å²) in [6.45, 7) is 13.9. The molecule has 0 fully saturated rings. The first-order valence-electron chi connectivity index (χ1n) is 7.93. The molecule has 1 atom stereocenters. The molecule has 0 radical (unpaired) electrons. The van der Waals surface area contributed by atoms with Gasteiger partial charge in [-0.05, 0) is 36.2 Å². The number of aromatic nitrogens is 2. The van der Waals surface area contributed by atoms with Crippen molar-refractivity contribution in [3.63, 3.8) is 0 Å². The Kier molecular flexibility index (Phi) is 3.40. The van der Waals surface area contributed by atoms with Crippen LogP contribution < -0.4 is 0 Å². The van der Waals surface area contributed by atoms with Crippen LogP contribution in [0.4, 0.5) is 0 Å². The highest BCUT2D eigenvalue weighted by atomic mass is 32.1. The average Bonchev–Trinajstić information content (AvgIpc) is 2.73. The first kappa shape index (κ1) is 15.0. The number of aryl methyl sites for hydroxylation is 1. The van der Waals surface area contributed by atoms with E-state index in [1.54, 1.807) is 16.8 Å². The van der Waals surface area contributed by atoms with Gasteiger partial charge in [0.25, 0.3) is 0 Å². The van der Waals surface area contributed by atoms with Crippen molar-refractivity contribution < 1.29 is 0 Å². The van der Waals surface area contributed by atoms with E-state index >= 15 is 0 Å². The number of hydrogen-bond donors (Lipinski definition) is 0. The lowest BCUT2D eigenvalue weighted by Gasteiger charge is -2.34. The third-order valence-electron chi connectivity index (χ3n) is 4.78. The molecule has 2 heterocycles. The molecule has 3 heteroatoms. The van der Waals surface area contributed by atoms with E-state index in [1.165, 1.54) is 35.2 Å². The minimum Gasteiger partial charge on any atom is -0.240 e. The Labute approximate surface area is 132 Å². The molecule has 0 bridgehead atoms. The fourth-order valence-corrected chi connectivity index (χ4v) is 4.69. The monoisotopic (exact) mass is 302 g/mol. The number of rotatable bonds is 0. The number of thiophene rings is 1. The molecule has 1 unspecified atom stereocenters. The summed E-state index contributed by atoms with van der Waals surface area (Å²) in [6.07, 6.45) is 5.43. The van der Waals surface area contributed by atoms with Crippen molar-refractivity contribution in [3.05, 3.63) is 22.5 Å². The quantitative estimate of drug-likeness (QED) is 0.673. The van der Waals surface area contributed by atoms with Crippen molar-refractivity contribution in [1.82, 2.24) is 9.97 Å². The van der Waals surface area contributed by atoms with Gasteiger partial charge in [0.15, 0.2) is 0 Å². The number of nitrogens with zero attached hydrogens (tertiary/aromatic N) is 2. The van der Waals surface area contributed by atoms with Crippen molar-refractivity contribution in [2.45, 2.75) is 66.2 Å². The molecular formula is C18H26N2S. The van der Waals surface area contributed by atoms with E-state index in [1.807, 2.05) is 11.3 Å². The van der Waals surface area contributed by atoms with E-state index in [0.717, 1.165) is 5.92 Å². The summed E-state index contributed by atoms with van der Waals surface area (Å²) in [7, 11) is 0. The molecule has 0 N–H and O–H groups in total. The second-order valence-electron chi connectivity index (χ2n) is 8.46. The van der Waals surface area contributed by atoms with Crippen molar-refractivity contribution >= 4 is 21.6 Å². The molecule has 21 heavy (non-hydrogen) atoms. The van der Waals surface area contributed by atoms with Crippen LogP contribution in [0.3, 0.4) is 0 Å². The smallest absolute Gasteiger partial charge is 0.127 e. The Hall–Kier alpha value is -0.960. The van der Waals surface area contributed by atoms with Crippen molar-refractivity contribution in [3.8, 4) is 0 Å². The van der Waals surface area contributed by atoms with Gasteiger partial charge in [0.2, 0.25) is 0 Å². The molecule has 0 saturated carbocycles. The number of hydrogen-bond acceptors (Lipinski definition) is 3. The van der Waals surface area contributed by atoms with Crippen molar-refractivity contribution in [2.24, 2.45) is 11.3 Å². The van der Waals surface area contributed by atoms with Crippen LogP contribution >= 0.6 is 11.3 Å². The zero-order valence-corrected chi connectivity index (χ0v) is 14.9. The minimum absolute atomic E-state index is 0.0803. The van der Waals surface area contributed by atoms with Gasteiger partial charge in [-0.2, -0.15) is 0 Å². The summed E-state index contributed by atoms with van der Waals surface area (Å²) >= 11 is 1.90. The van der Waals surface area contributed by atoms with Crippen LogP contribution in [0.5, 0.6) is 0 Å². The van der Waals surface area contributed by atoms with Gasteiger partial charge < -0.3 is 0 Å². The summed E-state index contributed by atoms with van der Waals surface area (Å²) in [5.41, 5.74) is 3.24. The summed E-state index contributed by atoms with van der Waals surface area (Å²) < 4.78 is 0. The predicted molar refractivity (Wildman–Crippen MR) is 91.1 cm³/mol. The van der Waals surface area contributed by atoms with Crippen molar-refractivity contribution in [2.75, 3.05) is 0 Å². The summed E-state index contributed by atoms with van der Waals surface area (Å²) in [4.78, 5) is 11.9. The van der Waals surface area contributed by atoms with E-state index in [4.69, 9.17) is 0 Å². The lowest BCUT2D eigenvalue weighted by atomic mass is 9.72. The Balaban J connectivity index is 2.13. The first-order chi connectivity index (χ1) is 9.68. The molecule has 114 valence electrons. The molecule has 0 amide bonds. The molecule has 3 rings (SSSR count). The maximum absolute atomic E-state index is 4.62. The van der Waals surface area contributed by atoms with E-state index < -0.39 is 0 Å². The van der Waals surface area contributed by atoms with Crippen LogP contribution in [0.1, 0.15) is 64.1 Å². The Bertz CT molecular complexity index is 671. The maximum atomic E-state index is 4.62. The van der Waals surface area contributed by atoms with Gasteiger partial charge in [0.05, 0.1) is 5.69 Å². The molecule has 0 spiro atoms. The van der Waals surface area contributed by atoms with Crippen molar-refractivity contribution in [1.29, 1.82) is 0 Å². The summed E-state index contributed by atoms with van der Waals surface area (Å²) in [6, 6.07) is 0. The molecule has 2 nitrogen and oxygen atoms in total. The molecule has 1 aliphatic rings. The third-order valence-corrected chi connectivity index (χ3v) is 5.94.